The van der Waals surface area contributed by atoms with Crippen LogP contribution in [0.2, 0.25) is 0 Å². The Hall–Kier alpha value is 1.03. The molecule has 0 spiro atoms. The second-order valence-electron chi connectivity index (χ2n) is 3.10. The van der Waals surface area contributed by atoms with E-state index in [0.29, 0.717) is 0 Å². The minimum Gasteiger partial charge on any atom is -1.00 e. The summed E-state index contributed by atoms with van der Waals surface area (Å²) in [6, 6.07) is 0. The van der Waals surface area contributed by atoms with E-state index in [1.54, 1.807) is 0 Å². The molecule has 0 aliphatic carbocycles. The van der Waals surface area contributed by atoms with Crippen LogP contribution in [0.15, 0.2) is 0 Å². The topological polar surface area (TPSA) is 0 Å². The van der Waals surface area contributed by atoms with Crippen LogP contribution in [-0.4, -0.2) is 37.9 Å². The predicted molar refractivity (Wildman–Crippen MR) is 52.6 cm³/mol. The van der Waals surface area contributed by atoms with Crippen LogP contribution in [-0.2, 0) is 0 Å². The van der Waals surface area contributed by atoms with Crippen molar-refractivity contribution in [2.75, 3.05) is 26.2 Å². The Bertz CT molecular complexity index is 121. The molecule has 0 fully saturated rings. The molecule has 0 saturated carbocycles. The Balaban J connectivity index is -0.0000000904. The molecular formula is C8H20BClF4NNa. The van der Waals surface area contributed by atoms with Gasteiger partial charge in [-0.1, -0.05) is 0 Å². The number of halogens is 5. The quantitative estimate of drug-likeness (QED) is 0.295. The molecule has 0 radical (unpaired) electrons. The molecule has 0 aromatic rings. The van der Waals surface area contributed by atoms with E-state index < -0.39 is 7.25 Å². The summed E-state index contributed by atoms with van der Waals surface area (Å²) in [6.45, 7) is 14.2. The first-order valence-electron chi connectivity index (χ1n) is 4.97. The fraction of sp³-hybridized carbons (Fsp3) is 1.00. The molecule has 1 nitrogen and oxygen atoms in total. The third kappa shape index (κ3) is 17.4. The first kappa shape index (κ1) is 25.8. The van der Waals surface area contributed by atoms with Gasteiger partial charge in [0.1, 0.15) is 0 Å². The summed E-state index contributed by atoms with van der Waals surface area (Å²) in [4.78, 5) is 0. The van der Waals surface area contributed by atoms with Gasteiger partial charge in [0, 0.05) is 0 Å². The maximum atomic E-state index is 9.75. The number of nitrogens with zero attached hydrogens (tertiary/aromatic N) is 1. The second kappa shape index (κ2) is 12.5. The molecule has 96 valence electrons. The minimum atomic E-state index is -6.00. The van der Waals surface area contributed by atoms with Gasteiger partial charge in [-0.2, -0.15) is 0 Å². The van der Waals surface area contributed by atoms with E-state index in [1.165, 1.54) is 30.7 Å². The van der Waals surface area contributed by atoms with Crippen molar-refractivity contribution < 1.29 is 63.7 Å². The van der Waals surface area contributed by atoms with E-state index in [0.717, 1.165) is 0 Å². The van der Waals surface area contributed by atoms with Crippen LogP contribution in [0.5, 0.6) is 0 Å². The third-order valence-electron chi connectivity index (χ3n) is 2.68. The van der Waals surface area contributed by atoms with E-state index in [4.69, 9.17) is 0 Å². The van der Waals surface area contributed by atoms with E-state index >= 15 is 0 Å². The van der Waals surface area contributed by atoms with Gasteiger partial charge in [-0.15, -0.1) is 0 Å². The summed E-state index contributed by atoms with van der Waals surface area (Å²) in [5.74, 6) is 0. The fourth-order valence-electron chi connectivity index (χ4n) is 1.34. The number of hydrogen-bond donors (Lipinski definition) is 0. The summed E-state index contributed by atoms with van der Waals surface area (Å²) >= 11 is 0. The van der Waals surface area contributed by atoms with Crippen molar-refractivity contribution >= 4 is 7.25 Å². The molecular weight excluding hydrogens is 255 g/mol. The molecule has 0 bridgehead atoms. The first-order chi connectivity index (χ1) is 6.24. The molecule has 0 aromatic heterocycles. The van der Waals surface area contributed by atoms with Crippen LogP contribution in [0.25, 0.3) is 0 Å². The first-order valence-corrected chi connectivity index (χ1v) is 4.97. The van der Waals surface area contributed by atoms with E-state index in [1.807, 2.05) is 0 Å². The molecule has 0 heterocycles. The summed E-state index contributed by atoms with van der Waals surface area (Å²) < 4.78 is 40.3. The van der Waals surface area contributed by atoms with Crippen molar-refractivity contribution in [1.82, 2.24) is 0 Å². The standard InChI is InChI=1S/C8H20N.BF4.ClH.Na/c1-5-9(6-2,7-3)8-4;2-1(3,4)5;;/h5-8H2,1-4H3;;1H;/q+1;-1;;+1/p-1. The Labute approximate surface area is 124 Å². The van der Waals surface area contributed by atoms with Crippen molar-refractivity contribution in [3.63, 3.8) is 0 Å². The van der Waals surface area contributed by atoms with Crippen molar-refractivity contribution in [3.8, 4) is 0 Å². The molecule has 0 rings (SSSR count). The number of quaternary nitrogens is 1. The van der Waals surface area contributed by atoms with Gasteiger partial charge < -0.3 is 34.2 Å². The second-order valence-corrected chi connectivity index (χ2v) is 3.10. The van der Waals surface area contributed by atoms with Gasteiger partial charge >= 0.3 is 36.8 Å². The number of rotatable bonds is 4. The largest absolute Gasteiger partial charge is 1.00 e. The molecule has 0 N–H and O–H groups in total. The summed E-state index contributed by atoms with van der Waals surface area (Å²) in [5.41, 5.74) is 0. The molecule has 0 saturated heterocycles. The van der Waals surface area contributed by atoms with Crippen LogP contribution < -0.4 is 42.0 Å². The predicted octanol–water partition coefficient (Wildman–Crippen LogP) is -2.81. The van der Waals surface area contributed by atoms with Crippen LogP contribution in [0.4, 0.5) is 17.3 Å². The Morgan fingerprint density at radius 3 is 0.875 bits per heavy atom. The molecule has 0 aliphatic rings. The van der Waals surface area contributed by atoms with Gasteiger partial charge in [0.25, 0.3) is 0 Å². The van der Waals surface area contributed by atoms with Crippen molar-refractivity contribution in [2.24, 2.45) is 0 Å². The monoisotopic (exact) mass is 275 g/mol. The maximum absolute atomic E-state index is 9.75. The average molecular weight is 276 g/mol. The van der Waals surface area contributed by atoms with Crippen LogP contribution in [0, 0.1) is 0 Å². The fourth-order valence-corrected chi connectivity index (χ4v) is 1.34. The Morgan fingerprint density at radius 2 is 0.875 bits per heavy atom. The SMILES string of the molecule is CC[N+](CC)(CC)CC.F[B-](F)(F)F.[Cl-].[Na+]. The van der Waals surface area contributed by atoms with Crippen LogP contribution in [0.1, 0.15) is 27.7 Å². The van der Waals surface area contributed by atoms with Gasteiger partial charge in [0.05, 0.1) is 26.2 Å². The zero-order valence-electron chi connectivity index (χ0n) is 10.7. The molecule has 0 atom stereocenters. The van der Waals surface area contributed by atoms with Crippen molar-refractivity contribution in [3.05, 3.63) is 0 Å². The van der Waals surface area contributed by atoms with Gasteiger partial charge in [0.2, 0.25) is 0 Å². The van der Waals surface area contributed by atoms with Crippen LogP contribution in [0.3, 0.4) is 0 Å². The normalized spacial score (nSPS) is 10.5. The van der Waals surface area contributed by atoms with E-state index in [9.17, 15) is 17.3 Å². The summed E-state index contributed by atoms with van der Waals surface area (Å²) in [7, 11) is -6.00. The molecule has 0 aromatic carbocycles. The molecule has 0 amide bonds. The summed E-state index contributed by atoms with van der Waals surface area (Å²) in [5, 5.41) is 0. The minimum absolute atomic E-state index is 0. The maximum Gasteiger partial charge on any atom is 1.00 e. The smallest absolute Gasteiger partial charge is 1.00 e. The molecule has 0 aliphatic heterocycles. The van der Waals surface area contributed by atoms with Gasteiger partial charge in [0.15, 0.2) is 0 Å². The van der Waals surface area contributed by atoms with Crippen molar-refractivity contribution in [2.45, 2.75) is 27.7 Å². The Morgan fingerprint density at radius 1 is 0.750 bits per heavy atom. The van der Waals surface area contributed by atoms with Gasteiger partial charge in [-0.3, -0.25) is 0 Å². The molecule has 16 heavy (non-hydrogen) atoms. The summed E-state index contributed by atoms with van der Waals surface area (Å²) in [6.07, 6.45) is 0. The van der Waals surface area contributed by atoms with Gasteiger partial charge in [-0.05, 0) is 27.7 Å². The third-order valence-corrected chi connectivity index (χ3v) is 2.68. The van der Waals surface area contributed by atoms with Crippen molar-refractivity contribution in [1.29, 1.82) is 0 Å². The van der Waals surface area contributed by atoms with E-state index in [-0.39, 0.29) is 42.0 Å². The zero-order chi connectivity index (χ0) is 11.8. The van der Waals surface area contributed by atoms with Crippen LogP contribution >= 0.6 is 0 Å². The number of hydrogen-bond acceptors (Lipinski definition) is 0. The van der Waals surface area contributed by atoms with E-state index in [2.05, 4.69) is 27.7 Å². The molecule has 0 unspecified atom stereocenters. The Kier molecular flexibility index (Phi) is 20.1. The average Bonchev–Trinajstić information content (AvgIpc) is 2.07. The van der Waals surface area contributed by atoms with Gasteiger partial charge in [-0.25, -0.2) is 0 Å². The zero-order valence-corrected chi connectivity index (χ0v) is 13.5. The molecule has 8 heteroatoms.